The van der Waals surface area contributed by atoms with E-state index in [4.69, 9.17) is 9.88 Å². The van der Waals surface area contributed by atoms with Crippen LogP contribution in [0.15, 0.2) is 53.4 Å². The van der Waals surface area contributed by atoms with Gasteiger partial charge in [-0.05, 0) is 48.5 Å². The normalized spacial score (nSPS) is 11.2. The highest BCUT2D eigenvalue weighted by atomic mass is 32.2. The molecule has 0 saturated carbocycles. The third kappa shape index (κ3) is 4.96. The maximum atomic E-state index is 14.0. The molecule has 3 aromatic rings. The molecule has 0 radical (unpaired) electrons. The summed E-state index contributed by atoms with van der Waals surface area (Å²) in [7, 11) is -2.59. The summed E-state index contributed by atoms with van der Waals surface area (Å²) >= 11 is 0. The summed E-state index contributed by atoms with van der Waals surface area (Å²) in [5.74, 6) is -0.651. The summed E-state index contributed by atoms with van der Waals surface area (Å²) in [5.41, 5.74) is 0.302. The Bertz CT molecular complexity index is 1080. The van der Waals surface area contributed by atoms with Crippen molar-refractivity contribution in [1.29, 1.82) is 0 Å². The molecule has 6 nitrogen and oxygen atoms in total. The molecule has 0 aliphatic carbocycles. The predicted molar refractivity (Wildman–Crippen MR) is 103 cm³/mol. The minimum Gasteiger partial charge on any atom is -0.494 e. The highest BCUT2D eigenvalue weighted by Gasteiger charge is 2.19. The lowest BCUT2D eigenvalue weighted by molar-refractivity contribution is 0.145. The quantitative estimate of drug-likeness (QED) is 0.658. The Kier molecular flexibility index (Phi) is 7.04. The molecule has 10 heteroatoms. The van der Waals surface area contributed by atoms with E-state index in [1.54, 1.807) is 0 Å². The van der Waals surface area contributed by atoms with Gasteiger partial charge >= 0.3 is 0 Å². The van der Waals surface area contributed by atoms with Crippen LogP contribution < -0.4 is 9.88 Å². The van der Waals surface area contributed by atoms with E-state index in [1.807, 2.05) is 13.8 Å². The molecule has 0 atom stereocenters. The number of methoxy groups -OCH3 is 1. The first kappa shape index (κ1) is 22.4. The fourth-order valence-electron chi connectivity index (χ4n) is 2.51. The molecule has 3 rings (SSSR count). The number of hydrogen-bond acceptors (Lipinski definition) is 4. The summed E-state index contributed by atoms with van der Waals surface area (Å²) in [6, 6.07) is 10.3. The molecule has 0 fully saturated rings. The Hall–Kier alpha value is -2.85. The third-order valence-electron chi connectivity index (χ3n) is 3.81. The number of halogens is 3. The molecule has 2 N–H and O–H groups in total. The van der Waals surface area contributed by atoms with Crippen molar-refractivity contribution >= 4 is 10.0 Å². The van der Waals surface area contributed by atoms with Crippen molar-refractivity contribution in [2.24, 2.45) is 5.14 Å². The average molecular weight is 427 g/mol. The standard InChI is InChI=1S/C17H14F3N3O3S.C2H6/c1-26-16-7-2-10(8-13(16)18)15-9-14(17(19)20)22-23(15)11-3-5-12(6-4-11)27(21,24)25;1-2/h2-9,17H,1H3,(H2,21,24,25);1-2H3. The maximum absolute atomic E-state index is 14.0. The molecule has 0 unspecified atom stereocenters. The lowest BCUT2D eigenvalue weighted by Crippen LogP contribution is -2.12. The van der Waals surface area contributed by atoms with Crippen LogP contribution in [0.5, 0.6) is 5.75 Å². The fraction of sp³-hybridized carbons (Fsp3) is 0.211. The van der Waals surface area contributed by atoms with E-state index in [-0.39, 0.29) is 16.3 Å². The van der Waals surface area contributed by atoms with Crippen LogP contribution in [0.2, 0.25) is 0 Å². The second kappa shape index (κ2) is 9.10. The summed E-state index contributed by atoms with van der Waals surface area (Å²) in [4.78, 5) is -0.135. The van der Waals surface area contributed by atoms with E-state index in [0.717, 1.165) is 12.1 Å². The Balaban J connectivity index is 0.00000145. The molecule has 2 aromatic carbocycles. The van der Waals surface area contributed by atoms with Gasteiger partial charge in [-0.3, -0.25) is 0 Å². The molecule has 0 amide bonds. The number of nitrogens with zero attached hydrogens (tertiary/aromatic N) is 2. The van der Waals surface area contributed by atoms with Gasteiger partial charge in [-0.2, -0.15) is 5.10 Å². The van der Waals surface area contributed by atoms with E-state index in [2.05, 4.69) is 5.10 Å². The molecule has 1 aromatic heterocycles. The van der Waals surface area contributed by atoms with Gasteiger partial charge in [0.15, 0.2) is 11.6 Å². The predicted octanol–water partition coefficient (Wildman–Crippen LogP) is 4.30. The fourth-order valence-corrected chi connectivity index (χ4v) is 3.03. The molecular weight excluding hydrogens is 407 g/mol. The molecule has 0 aliphatic rings. The summed E-state index contributed by atoms with van der Waals surface area (Å²) in [5, 5.41) is 8.90. The number of alkyl halides is 2. The van der Waals surface area contributed by atoms with E-state index in [1.165, 1.54) is 48.2 Å². The van der Waals surface area contributed by atoms with E-state index < -0.39 is 28.0 Å². The third-order valence-corrected chi connectivity index (χ3v) is 4.74. The van der Waals surface area contributed by atoms with Crippen molar-refractivity contribution in [2.75, 3.05) is 7.11 Å². The molecular formula is C19H20F3N3O3S. The number of aromatic nitrogens is 2. The van der Waals surface area contributed by atoms with Gasteiger partial charge in [0.05, 0.1) is 23.4 Å². The monoisotopic (exact) mass is 427 g/mol. The number of rotatable bonds is 5. The minimum atomic E-state index is -3.90. The van der Waals surface area contributed by atoms with Gasteiger partial charge in [0, 0.05) is 5.56 Å². The second-order valence-corrected chi connectivity index (χ2v) is 7.12. The zero-order valence-electron chi connectivity index (χ0n) is 15.9. The molecule has 0 bridgehead atoms. The van der Waals surface area contributed by atoms with Crippen LogP contribution in [0, 0.1) is 5.82 Å². The Morgan fingerprint density at radius 2 is 1.69 bits per heavy atom. The molecule has 0 spiro atoms. The van der Waals surface area contributed by atoms with E-state index in [9.17, 15) is 21.6 Å². The van der Waals surface area contributed by atoms with Crippen molar-refractivity contribution in [3.8, 4) is 22.7 Å². The molecule has 0 saturated heterocycles. The Morgan fingerprint density at radius 1 is 1.07 bits per heavy atom. The topological polar surface area (TPSA) is 87.2 Å². The van der Waals surface area contributed by atoms with E-state index in [0.29, 0.717) is 11.3 Å². The number of primary sulfonamides is 1. The zero-order chi connectivity index (χ0) is 21.8. The SMILES string of the molecule is CC.COc1ccc(-c2cc(C(F)F)nn2-c2ccc(S(N)(=O)=O)cc2)cc1F. The smallest absolute Gasteiger partial charge is 0.282 e. The van der Waals surface area contributed by atoms with Gasteiger partial charge in [0.1, 0.15) is 5.69 Å². The van der Waals surface area contributed by atoms with Gasteiger partial charge in [-0.25, -0.2) is 31.4 Å². The van der Waals surface area contributed by atoms with Gasteiger partial charge in [-0.1, -0.05) is 13.8 Å². The van der Waals surface area contributed by atoms with Gasteiger partial charge < -0.3 is 4.74 Å². The highest BCUT2D eigenvalue weighted by Crippen LogP contribution is 2.31. The number of ether oxygens (including phenoxy) is 1. The van der Waals surface area contributed by atoms with Crippen LogP contribution in [-0.4, -0.2) is 25.3 Å². The number of nitrogens with two attached hydrogens (primary N) is 1. The van der Waals surface area contributed by atoms with Crippen LogP contribution in [0.25, 0.3) is 16.9 Å². The van der Waals surface area contributed by atoms with Crippen molar-refractivity contribution in [3.05, 3.63) is 60.0 Å². The number of sulfonamides is 1. The molecule has 156 valence electrons. The lowest BCUT2D eigenvalue weighted by Gasteiger charge is -2.09. The maximum Gasteiger partial charge on any atom is 0.282 e. The number of hydrogen-bond donors (Lipinski definition) is 1. The molecule has 0 aliphatic heterocycles. The first-order valence-corrected chi connectivity index (χ1v) is 10.1. The first-order chi connectivity index (χ1) is 13.7. The number of benzene rings is 2. The molecule has 29 heavy (non-hydrogen) atoms. The Morgan fingerprint density at radius 3 is 2.17 bits per heavy atom. The molecule has 1 heterocycles. The van der Waals surface area contributed by atoms with Gasteiger partial charge in [-0.15, -0.1) is 0 Å². The minimum absolute atomic E-state index is 0.0106. The second-order valence-electron chi connectivity index (χ2n) is 5.56. The summed E-state index contributed by atoms with van der Waals surface area (Å²) < 4.78 is 69.1. The summed E-state index contributed by atoms with van der Waals surface area (Å²) in [6.07, 6.45) is -2.84. The highest BCUT2D eigenvalue weighted by molar-refractivity contribution is 7.89. The van der Waals surface area contributed by atoms with Crippen molar-refractivity contribution in [2.45, 2.75) is 25.2 Å². The van der Waals surface area contributed by atoms with Crippen LogP contribution in [0.4, 0.5) is 13.2 Å². The van der Waals surface area contributed by atoms with Gasteiger partial charge in [0.2, 0.25) is 10.0 Å². The van der Waals surface area contributed by atoms with Crippen LogP contribution in [0.1, 0.15) is 26.0 Å². The van der Waals surface area contributed by atoms with Crippen molar-refractivity contribution in [3.63, 3.8) is 0 Å². The lowest BCUT2D eigenvalue weighted by atomic mass is 10.1. The average Bonchev–Trinajstić information content (AvgIpc) is 3.15. The summed E-state index contributed by atoms with van der Waals surface area (Å²) in [6.45, 7) is 4.00. The van der Waals surface area contributed by atoms with Crippen molar-refractivity contribution in [1.82, 2.24) is 9.78 Å². The van der Waals surface area contributed by atoms with Gasteiger partial charge in [0.25, 0.3) is 6.43 Å². The van der Waals surface area contributed by atoms with E-state index >= 15 is 0 Å². The zero-order valence-corrected chi connectivity index (χ0v) is 16.8. The van der Waals surface area contributed by atoms with Crippen molar-refractivity contribution < 1.29 is 26.3 Å². The Labute approximate surface area is 166 Å². The van der Waals surface area contributed by atoms with Crippen LogP contribution >= 0.6 is 0 Å². The van der Waals surface area contributed by atoms with Crippen LogP contribution in [0.3, 0.4) is 0 Å². The van der Waals surface area contributed by atoms with Crippen LogP contribution in [-0.2, 0) is 10.0 Å². The largest absolute Gasteiger partial charge is 0.494 e. The first-order valence-electron chi connectivity index (χ1n) is 8.56.